The van der Waals surface area contributed by atoms with Crippen LogP contribution in [0.4, 0.5) is 5.69 Å². The Kier molecular flexibility index (Phi) is 4.03. The van der Waals surface area contributed by atoms with Gasteiger partial charge in [0.2, 0.25) is 0 Å². The molecular weight excluding hydrogens is 286 g/mol. The molecule has 120 valence electrons. The van der Waals surface area contributed by atoms with Crippen LogP contribution >= 0.6 is 0 Å². The number of nitrogens with one attached hydrogen (secondary N) is 1. The van der Waals surface area contributed by atoms with Crippen LogP contribution in [0, 0.1) is 0 Å². The smallest absolute Gasteiger partial charge is 0.131 e. The third-order valence-corrected chi connectivity index (χ3v) is 4.02. The van der Waals surface area contributed by atoms with Crippen molar-refractivity contribution in [1.82, 2.24) is 0 Å². The molecular formula is C20H23NO2. The normalized spacial score (nSPS) is 16.2. The molecule has 2 aromatic rings. The zero-order chi connectivity index (χ0) is 16.4. The van der Waals surface area contributed by atoms with Gasteiger partial charge in [-0.15, -0.1) is 0 Å². The Balaban J connectivity index is 1.93. The van der Waals surface area contributed by atoms with Crippen molar-refractivity contribution in [3.63, 3.8) is 0 Å². The van der Waals surface area contributed by atoms with Crippen molar-refractivity contribution < 1.29 is 9.47 Å². The fourth-order valence-electron chi connectivity index (χ4n) is 2.80. The van der Waals surface area contributed by atoms with E-state index in [1.165, 1.54) is 0 Å². The van der Waals surface area contributed by atoms with E-state index in [4.69, 9.17) is 9.47 Å². The Morgan fingerprint density at radius 2 is 1.87 bits per heavy atom. The van der Waals surface area contributed by atoms with E-state index in [9.17, 15) is 0 Å². The topological polar surface area (TPSA) is 30.5 Å². The summed E-state index contributed by atoms with van der Waals surface area (Å²) in [5.41, 5.74) is 3.01. The number of rotatable bonds is 4. The molecule has 1 heterocycles. The second-order valence-electron chi connectivity index (χ2n) is 6.40. The summed E-state index contributed by atoms with van der Waals surface area (Å²) in [5, 5.41) is 3.51. The van der Waals surface area contributed by atoms with Crippen LogP contribution in [0.2, 0.25) is 0 Å². The Morgan fingerprint density at radius 1 is 1.13 bits per heavy atom. The van der Waals surface area contributed by atoms with Crippen molar-refractivity contribution in [1.29, 1.82) is 0 Å². The standard InChI is InChI=1S/C20H23NO2/c1-14(21-16-8-6-5-7-9-16)17-12-15-10-11-20(2,3)23-18(15)13-19(17)22-4/h5-14,21H,1-4H3/t14-/m0/s1. The van der Waals surface area contributed by atoms with Crippen molar-refractivity contribution in [2.24, 2.45) is 0 Å². The number of hydrogen-bond donors (Lipinski definition) is 1. The van der Waals surface area contributed by atoms with Crippen molar-refractivity contribution in [2.75, 3.05) is 12.4 Å². The molecule has 1 N–H and O–H groups in total. The van der Waals surface area contributed by atoms with Crippen LogP contribution in [0.3, 0.4) is 0 Å². The summed E-state index contributed by atoms with van der Waals surface area (Å²) in [4.78, 5) is 0. The molecule has 0 fully saturated rings. The van der Waals surface area contributed by atoms with E-state index >= 15 is 0 Å². The molecule has 1 aliphatic heterocycles. The number of anilines is 1. The van der Waals surface area contributed by atoms with Gasteiger partial charge < -0.3 is 14.8 Å². The molecule has 3 nitrogen and oxygen atoms in total. The lowest BCUT2D eigenvalue weighted by Crippen LogP contribution is -2.27. The molecule has 0 spiro atoms. The van der Waals surface area contributed by atoms with Crippen LogP contribution < -0.4 is 14.8 Å². The van der Waals surface area contributed by atoms with Crippen molar-refractivity contribution in [2.45, 2.75) is 32.4 Å². The van der Waals surface area contributed by atoms with E-state index in [0.717, 1.165) is 28.3 Å². The maximum absolute atomic E-state index is 6.03. The van der Waals surface area contributed by atoms with E-state index in [0.29, 0.717) is 0 Å². The highest BCUT2D eigenvalue weighted by molar-refractivity contribution is 5.65. The van der Waals surface area contributed by atoms with E-state index in [1.54, 1.807) is 7.11 Å². The highest BCUT2D eigenvalue weighted by Crippen LogP contribution is 2.38. The molecule has 3 rings (SSSR count). The third kappa shape index (κ3) is 3.34. The Bertz CT molecular complexity index is 720. The van der Waals surface area contributed by atoms with Crippen LogP contribution in [-0.2, 0) is 0 Å². The summed E-state index contributed by atoms with van der Waals surface area (Å²) in [6.07, 6.45) is 4.21. The summed E-state index contributed by atoms with van der Waals surface area (Å²) < 4.78 is 11.6. The van der Waals surface area contributed by atoms with Gasteiger partial charge in [0.1, 0.15) is 17.1 Å². The molecule has 0 saturated carbocycles. The van der Waals surface area contributed by atoms with E-state index in [1.807, 2.05) is 38.1 Å². The molecule has 0 unspecified atom stereocenters. The average Bonchev–Trinajstić information content (AvgIpc) is 2.53. The van der Waals surface area contributed by atoms with Crippen LogP contribution in [0.1, 0.15) is 37.9 Å². The van der Waals surface area contributed by atoms with Crippen LogP contribution in [-0.4, -0.2) is 12.7 Å². The molecule has 2 aromatic carbocycles. The molecule has 23 heavy (non-hydrogen) atoms. The fraction of sp³-hybridized carbons (Fsp3) is 0.300. The number of ether oxygens (including phenoxy) is 2. The molecule has 0 amide bonds. The minimum atomic E-state index is -0.284. The molecule has 0 radical (unpaired) electrons. The van der Waals surface area contributed by atoms with Gasteiger partial charge in [-0.05, 0) is 45.0 Å². The van der Waals surface area contributed by atoms with E-state index in [2.05, 4.69) is 42.6 Å². The third-order valence-electron chi connectivity index (χ3n) is 4.02. The molecule has 0 saturated heterocycles. The van der Waals surface area contributed by atoms with Gasteiger partial charge in [0, 0.05) is 22.9 Å². The number of fused-ring (bicyclic) bond motifs is 1. The van der Waals surface area contributed by atoms with Crippen molar-refractivity contribution in [3.8, 4) is 11.5 Å². The predicted octanol–water partition coefficient (Wildman–Crippen LogP) is 5.05. The molecule has 1 aliphatic rings. The lowest BCUT2D eigenvalue weighted by atomic mass is 9.97. The van der Waals surface area contributed by atoms with Gasteiger partial charge in [0.05, 0.1) is 13.2 Å². The highest BCUT2D eigenvalue weighted by atomic mass is 16.5. The lowest BCUT2D eigenvalue weighted by Gasteiger charge is -2.29. The van der Waals surface area contributed by atoms with E-state index < -0.39 is 0 Å². The predicted molar refractivity (Wildman–Crippen MR) is 95.2 cm³/mol. The minimum absolute atomic E-state index is 0.126. The largest absolute Gasteiger partial charge is 0.496 e. The van der Waals surface area contributed by atoms with Crippen LogP contribution in [0.5, 0.6) is 11.5 Å². The van der Waals surface area contributed by atoms with Crippen LogP contribution in [0.15, 0.2) is 48.5 Å². The Labute approximate surface area is 137 Å². The quantitative estimate of drug-likeness (QED) is 0.857. The Hall–Kier alpha value is -2.42. The van der Waals surface area contributed by atoms with Gasteiger partial charge in [0.15, 0.2) is 0 Å². The van der Waals surface area contributed by atoms with Gasteiger partial charge in [-0.25, -0.2) is 0 Å². The van der Waals surface area contributed by atoms with Crippen molar-refractivity contribution >= 4 is 11.8 Å². The fourth-order valence-corrected chi connectivity index (χ4v) is 2.80. The van der Waals surface area contributed by atoms with E-state index in [-0.39, 0.29) is 11.6 Å². The average molecular weight is 309 g/mol. The van der Waals surface area contributed by atoms with Gasteiger partial charge >= 0.3 is 0 Å². The zero-order valence-corrected chi connectivity index (χ0v) is 14.1. The van der Waals surface area contributed by atoms with Gasteiger partial charge in [-0.1, -0.05) is 24.3 Å². The number of methoxy groups -OCH3 is 1. The summed E-state index contributed by atoms with van der Waals surface area (Å²) in [5.74, 6) is 1.70. The zero-order valence-electron chi connectivity index (χ0n) is 14.1. The first kappa shape index (κ1) is 15.5. The summed E-state index contributed by atoms with van der Waals surface area (Å²) in [6.45, 7) is 6.23. The maximum Gasteiger partial charge on any atom is 0.131 e. The second kappa shape index (κ2) is 5.99. The second-order valence-corrected chi connectivity index (χ2v) is 6.40. The summed E-state index contributed by atoms with van der Waals surface area (Å²) >= 11 is 0. The SMILES string of the molecule is COc1cc2c(cc1[C@H](C)Nc1ccccc1)C=CC(C)(C)O2. The van der Waals surface area contributed by atoms with Gasteiger partial charge in [0.25, 0.3) is 0 Å². The number of benzene rings is 2. The molecule has 0 aliphatic carbocycles. The first-order valence-corrected chi connectivity index (χ1v) is 7.90. The molecule has 3 heteroatoms. The summed E-state index contributed by atoms with van der Waals surface area (Å²) in [6, 6.07) is 14.4. The number of para-hydroxylation sites is 1. The monoisotopic (exact) mass is 309 g/mol. The summed E-state index contributed by atoms with van der Waals surface area (Å²) in [7, 11) is 1.70. The molecule has 0 bridgehead atoms. The van der Waals surface area contributed by atoms with Gasteiger partial charge in [-0.3, -0.25) is 0 Å². The highest BCUT2D eigenvalue weighted by Gasteiger charge is 2.24. The van der Waals surface area contributed by atoms with Gasteiger partial charge in [-0.2, -0.15) is 0 Å². The molecule has 1 atom stereocenters. The first-order chi connectivity index (χ1) is 11.0. The lowest BCUT2D eigenvalue weighted by molar-refractivity contribution is 0.158. The maximum atomic E-state index is 6.03. The van der Waals surface area contributed by atoms with Crippen molar-refractivity contribution in [3.05, 3.63) is 59.7 Å². The molecule has 0 aromatic heterocycles. The Morgan fingerprint density at radius 3 is 2.57 bits per heavy atom. The minimum Gasteiger partial charge on any atom is -0.496 e. The first-order valence-electron chi connectivity index (χ1n) is 7.90. The number of hydrogen-bond acceptors (Lipinski definition) is 3. The van der Waals surface area contributed by atoms with Crippen LogP contribution in [0.25, 0.3) is 6.08 Å².